The van der Waals surface area contributed by atoms with Gasteiger partial charge in [-0.25, -0.2) is 13.9 Å². The molecule has 3 N–H and O–H groups in total. The Balaban J connectivity index is 2.65. The van der Waals surface area contributed by atoms with Crippen LogP contribution in [0.2, 0.25) is 0 Å². The number of carboxylic acids is 1. The number of hydrogen-bond acceptors (Lipinski definition) is 2. The van der Waals surface area contributed by atoms with Crippen molar-refractivity contribution in [1.29, 1.82) is 0 Å². The molecule has 2 rings (SSSR count). The minimum absolute atomic E-state index is 0.108. The number of para-hydroxylation sites is 2. The molecule has 1 aromatic carbocycles. The van der Waals surface area contributed by atoms with Crippen molar-refractivity contribution >= 4 is 23.0 Å². The Labute approximate surface area is 99.1 Å². The number of nitrogen functional groups attached to an aromatic ring is 1. The highest BCUT2D eigenvalue weighted by atomic mass is 16.4. The molecule has 0 radical (unpaired) electrons. The van der Waals surface area contributed by atoms with Gasteiger partial charge in [-0.2, -0.15) is 0 Å². The van der Waals surface area contributed by atoms with Gasteiger partial charge in [0.25, 0.3) is 0 Å². The second-order valence-electron chi connectivity index (χ2n) is 3.98. The standard InChI is InChI=1S/C12H15N3O2/c1-2-7-14-9-5-3-4-6-10(9)15(12(14)13)8-11(16)17/h3-6,13H,2,7-8H2,1H3,(H,16,17)/p+1. The Bertz CT molecular complexity index is 560. The number of aliphatic carboxylic acids is 1. The fourth-order valence-electron chi connectivity index (χ4n) is 2.07. The maximum Gasteiger partial charge on any atom is 0.356 e. The molecule has 0 bridgehead atoms. The summed E-state index contributed by atoms with van der Waals surface area (Å²) in [6, 6.07) is 7.66. The number of imidazole rings is 1. The van der Waals surface area contributed by atoms with E-state index in [2.05, 4.69) is 6.92 Å². The van der Waals surface area contributed by atoms with Crippen molar-refractivity contribution in [3.8, 4) is 0 Å². The third kappa shape index (κ3) is 1.95. The van der Waals surface area contributed by atoms with Crippen LogP contribution >= 0.6 is 0 Å². The number of aromatic nitrogens is 2. The number of carboxylic acid groups (broad SMARTS) is 1. The monoisotopic (exact) mass is 234 g/mol. The fraction of sp³-hybridized carbons (Fsp3) is 0.333. The lowest BCUT2D eigenvalue weighted by Crippen LogP contribution is -2.40. The van der Waals surface area contributed by atoms with E-state index in [1.165, 1.54) is 0 Å². The smallest absolute Gasteiger partial charge is 0.356 e. The van der Waals surface area contributed by atoms with Crippen molar-refractivity contribution in [2.24, 2.45) is 0 Å². The number of hydrogen-bond donors (Lipinski definition) is 2. The molecule has 0 fully saturated rings. The summed E-state index contributed by atoms with van der Waals surface area (Å²) in [5.41, 5.74) is 7.85. The van der Waals surface area contributed by atoms with Gasteiger partial charge < -0.3 is 5.11 Å². The van der Waals surface area contributed by atoms with E-state index in [0.29, 0.717) is 5.95 Å². The van der Waals surface area contributed by atoms with E-state index >= 15 is 0 Å². The Hall–Kier alpha value is -2.04. The third-order valence-electron chi connectivity index (χ3n) is 2.76. The molecule has 0 saturated heterocycles. The molecule has 0 amide bonds. The molecule has 1 aromatic heterocycles. The van der Waals surface area contributed by atoms with E-state index in [0.717, 1.165) is 24.0 Å². The molecule has 0 spiro atoms. The van der Waals surface area contributed by atoms with Gasteiger partial charge in [-0.15, -0.1) is 0 Å². The van der Waals surface area contributed by atoms with Gasteiger partial charge in [0, 0.05) is 0 Å². The summed E-state index contributed by atoms with van der Waals surface area (Å²) in [5.74, 6) is -0.392. The second-order valence-corrected chi connectivity index (χ2v) is 3.98. The maximum absolute atomic E-state index is 10.8. The molecule has 0 saturated carbocycles. The number of rotatable bonds is 4. The van der Waals surface area contributed by atoms with E-state index in [-0.39, 0.29) is 6.54 Å². The molecule has 0 aliphatic heterocycles. The van der Waals surface area contributed by atoms with Crippen molar-refractivity contribution in [3.63, 3.8) is 0 Å². The second kappa shape index (κ2) is 4.45. The predicted octanol–water partition coefficient (Wildman–Crippen LogP) is 1.01. The first kappa shape index (κ1) is 11.4. The molecular weight excluding hydrogens is 218 g/mol. The van der Waals surface area contributed by atoms with Gasteiger partial charge in [-0.1, -0.05) is 19.1 Å². The maximum atomic E-state index is 10.8. The summed E-state index contributed by atoms with van der Waals surface area (Å²) >= 11 is 0. The van der Waals surface area contributed by atoms with Gasteiger partial charge in [0.1, 0.15) is 11.0 Å². The SMILES string of the molecule is CCCn1c(N)[n+](CC(=O)O)c2ccccc21. The number of fused-ring (bicyclic) bond motifs is 1. The topological polar surface area (TPSA) is 72.1 Å². The van der Waals surface area contributed by atoms with Crippen LogP contribution in [0.5, 0.6) is 0 Å². The van der Waals surface area contributed by atoms with Gasteiger partial charge in [-0.05, 0) is 18.6 Å². The zero-order valence-corrected chi connectivity index (χ0v) is 9.76. The highest BCUT2D eigenvalue weighted by molar-refractivity contribution is 5.75. The number of nitrogens with zero attached hydrogens (tertiary/aromatic N) is 2. The molecule has 1 heterocycles. The fourth-order valence-corrected chi connectivity index (χ4v) is 2.07. The van der Waals surface area contributed by atoms with Gasteiger partial charge in [0.2, 0.25) is 0 Å². The molecule has 2 aromatic rings. The van der Waals surface area contributed by atoms with Crippen molar-refractivity contribution < 1.29 is 14.5 Å². The molecule has 5 nitrogen and oxygen atoms in total. The Morgan fingerprint density at radius 3 is 2.82 bits per heavy atom. The van der Waals surface area contributed by atoms with Crippen LogP contribution in [0.15, 0.2) is 24.3 Å². The average Bonchev–Trinajstić information content (AvgIpc) is 2.55. The number of carbonyl (C=O) groups is 1. The summed E-state index contributed by atoms with van der Waals surface area (Å²) in [6.07, 6.45) is 0.954. The normalized spacial score (nSPS) is 10.9. The quantitative estimate of drug-likeness (QED) is 0.775. The zero-order valence-electron chi connectivity index (χ0n) is 9.76. The first-order chi connectivity index (χ1) is 8.15. The van der Waals surface area contributed by atoms with Crippen LogP contribution in [0.25, 0.3) is 11.0 Å². The Morgan fingerprint density at radius 1 is 1.47 bits per heavy atom. The molecule has 90 valence electrons. The van der Waals surface area contributed by atoms with Crippen LogP contribution < -0.4 is 10.3 Å². The minimum atomic E-state index is -0.888. The summed E-state index contributed by atoms with van der Waals surface area (Å²) < 4.78 is 3.59. The molecule has 0 unspecified atom stereocenters. The van der Waals surface area contributed by atoms with Gasteiger partial charge in [0.15, 0.2) is 6.54 Å². The molecular formula is C12H16N3O2+. The van der Waals surface area contributed by atoms with Crippen LogP contribution in [-0.4, -0.2) is 15.6 Å². The zero-order chi connectivity index (χ0) is 12.4. The first-order valence-corrected chi connectivity index (χ1v) is 5.63. The highest BCUT2D eigenvalue weighted by Gasteiger charge is 2.21. The van der Waals surface area contributed by atoms with E-state index in [1.807, 2.05) is 28.8 Å². The summed E-state index contributed by atoms with van der Waals surface area (Å²) in [7, 11) is 0. The van der Waals surface area contributed by atoms with Crippen LogP contribution in [-0.2, 0) is 17.9 Å². The van der Waals surface area contributed by atoms with E-state index in [9.17, 15) is 4.79 Å². The van der Waals surface area contributed by atoms with Crippen LogP contribution in [0.3, 0.4) is 0 Å². The molecule has 17 heavy (non-hydrogen) atoms. The van der Waals surface area contributed by atoms with Crippen molar-refractivity contribution in [2.75, 3.05) is 5.73 Å². The Morgan fingerprint density at radius 2 is 2.18 bits per heavy atom. The van der Waals surface area contributed by atoms with Gasteiger partial charge in [-0.3, -0.25) is 5.73 Å². The number of benzene rings is 1. The van der Waals surface area contributed by atoms with Crippen LogP contribution in [0, 0.1) is 0 Å². The average molecular weight is 234 g/mol. The summed E-state index contributed by atoms with van der Waals surface area (Å²) in [5, 5.41) is 8.90. The van der Waals surface area contributed by atoms with Crippen molar-refractivity contribution in [2.45, 2.75) is 26.4 Å². The Kier molecular flexibility index (Phi) is 2.99. The third-order valence-corrected chi connectivity index (χ3v) is 2.76. The first-order valence-electron chi connectivity index (χ1n) is 5.63. The molecule has 0 aliphatic carbocycles. The predicted molar refractivity (Wildman–Crippen MR) is 64.5 cm³/mol. The number of anilines is 1. The highest BCUT2D eigenvalue weighted by Crippen LogP contribution is 2.16. The van der Waals surface area contributed by atoms with Crippen molar-refractivity contribution in [1.82, 2.24) is 4.57 Å². The van der Waals surface area contributed by atoms with E-state index in [1.54, 1.807) is 4.57 Å². The van der Waals surface area contributed by atoms with Crippen LogP contribution in [0.1, 0.15) is 13.3 Å². The molecule has 0 aliphatic rings. The number of aryl methyl sites for hydroxylation is 1. The molecule has 0 atom stereocenters. The largest absolute Gasteiger partial charge is 0.479 e. The van der Waals surface area contributed by atoms with Crippen molar-refractivity contribution in [3.05, 3.63) is 24.3 Å². The molecule has 5 heteroatoms. The summed E-state index contributed by atoms with van der Waals surface area (Å²) in [4.78, 5) is 10.8. The van der Waals surface area contributed by atoms with E-state index in [4.69, 9.17) is 10.8 Å². The lowest BCUT2D eigenvalue weighted by atomic mass is 10.3. The minimum Gasteiger partial charge on any atom is -0.479 e. The van der Waals surface area contributed by atoms with Crippen LogP contribution in [0.4, 0.5) is 5.95 Å². The van der Waals surface area contributed by atoms with E-state index < -0.39 is 5.97 Å². The lowest BCUT2D eigenvalue weighted by Gasteiger charge is -1.98. The number of nitrogens with two attached hydrogens (primary N) is 1. The van der Waals surface area contributed by atoms with Gasteiger partial charge in [0.05, 0.1) is 6.54 Å². The van der Waals surface area contributed by atoms with Gasteiger partial charge >= 0.3 is 11.9 Å². The lowest BCUT2D eigenvalue weighted by molar-refractivity contribution is -0.645. The summed E-state index contributed by atoms with van der Waals surface area (Å²) in [6.45, 7) is 2.75.